The van der Waals surface area contributed by atoms with Crippen molar-refractivity contribution < 1.29 is 17.6 Å². The number of aromatic nitrogens is 1. The van der Waals surface area contributed by atoms with E-state index >= 15 is 0 Å². The number of thiazole rings is 1. The van der Waals surface area contributed by atoms with Crippen LogP contribution >= 0.6 is 11.3 Å². The zero-order chi connectivity index (χ0) is 25.4. The smallest absolute Gasteiger partial charge is 0.243 e. The Bertz CT molecular complexity index is 1480. The molecule has 1 saturated heterocycles. The minimum Gasteiger partial charge on any atom is -0.467 e. The summed E-state index contributed by atoms with van der Waals surface area (Å²) in [7, 11) is -3.58. The number of sulfonamides is 1. The molecule has 3 heterocycles. The predicted octanol–water partition coefficient (Wildman–Crippen LogP) is 5.45. The van der Waals surface area contributed by atoms with Crippen LogP contribution < -0.4 is 4.90 Å². The first-order chi connectivity index (χ1) is 17.2. The molecule has 0 atom stereocenters. The lowest BCUT2D eigenvalue weighted by Gasteiger charge is -2.32. The summed E-state index contributed by atoms with van der Waals surface area (Å²) >= 11 is 1.50. The van der Waals surface area contributed by atoms with E-state index in [2.05, 4.69) is 13.0 Å². The first kappa shape index (κ1) is 24.7. The van der Waals surface area contributed by atoms with Gasteiger partial charge in [0.2, 0.25) is 15.9 Å². The molecular weight excluding hydrogens is 494 g/mol. The van der Waals surface area contributed by atoms with Crippen LogP contribution in [0.25, 0.3) is 10.2 Å². The highest BCUT2D eigenvalue weighted by Gasteiger charge is 2.35. The molecule has 0 unspecified atom stereocenters. The second kappa shape index (κ2) is 9.80. The van der Waals surface area contributed by atoms with Crippen molar-refractivity contribution in [1.82, 2.24) is 9.29 Å². The predicted molar refractivity (Wildman–Crippen MR) is 142 cm³/mol. The quantitative estimate of drug-likeness (QED) is 0.336. The second-order valence-electron chi connectivity index (χ2n) is 9.42. The maximum atomic E-state index is 13.8. The van der Waals surface area contributed by atoms with Crippen molar-refractivity contribution in [1.29, 1.82) is 0 Å². The van der Waals surface area contributed by atoms with Crippen molar-refractivity contribution in [2.24, 2.45) is 5.92 Å². The van der Waals surface area contributed by atoms with E-state index in [4.69, 9.17) is 9.40 Å². The molecule has 36 heavy (non-hydrogen) atoms. The van der Waals surface area contributed by atoms with Crippen LogP contribution in [-0.2, 0) is 21.4 Å². The molecule has 0 N–H and O–H groups in total. The summed E-state index contributed by atoms with van der Waals surface area (Å²) in [5.74, 6) is 0.335. The standard InChI is InChI=1S/C27H29N3O4S2/c1-18-6-8-23(9-7-18)36(32,33)29-12-10-21(11-13-29)26(31)30(17-22-5-4-14-34-22)27-28-24-16-19(2)15-20(3)25(24)35-27/h4-9,14-16,21H,10-13,17H2,1-3H3. The molecule has 9 heteroatoms. The number of carbonyl (C=O) groups is 1. The molecule has 0 spiro atoms. The van der Waals surface area contributed by atoms with Gasteiger partial charge < -0.3 is 4.42 Å². The number of hydrogen-bond acceptors (Lipinski definition) is 6. The maximum Gasteiger partial charge on any atom is 0.243 e. The van der Waals surface area contributed by atoms with Crippen LogP contribution in [0, 0.1) is 26.7 Å². The van der Waals surface area contributed by atoms with Gasteiger partial charge >= 0.3 is 0 Å². The Morgan fingerprint density at radius 2 is 1.81 bits per heavy atom. The van der Waals surface area contributed by atoms with Gasteiger partial charge in [0.05, 0.1) is 27.9 Å². The van der Waals surface area contributed by atoms with E-state index in [0.717, 1.165) is 26.9 Å². The minimum absolute atomic E-state index is 0.0489. The molecule has 0 aliphatic carbocycles. The second-order valence-corrected chi connectivity index (χ2v) is 12.3. The summed E-state index contributed by atoms with van der Waals surface area (Å²) in [6.45, 7) is 6.91. The summed E-state index contributed by atoms with van der Waals surface area (Å²) in [6.07, 6.45) is 2.52. The molecule has 1 aliphatic rings. The van der Waals surface area contributed by atoms with E-state index in [1.165, 1.54) is 15.6 Å². The Balaban J connectivity index is 1.37. The summed E-state index contributed by atoms with van der Waals surface area (Å²) in [5.41, 5.74) is 4.15. The summed E-state index contributed by atoms with van der Waals surface area (Å²) in [4.78, 5) is 20.6. The van der Waals surface area contributed by atoms with Gasteiger partial charge in [-0.1, -0.05) is 35.1 Å². The Kier molecular flexibility index (Phi) is 6.72. The minimum atomic E-state index is -3.58. The van der Waals surface area contributed by atoms with E-state index in [1.807, 2.05) is 26.0 Å². The summed E-state index contributed by atoms with van der Waals surface area (Å²) in [5, 5.41) is 0.634. The third-order valence-corrected chi connectivity index (χ3v) is 9.80. The number of furan rings is 1. The zero-order valence-electron chi connectivity index (χ0n) is 20.6. The molecule has 0 bridgehead atoms. The van der Waals surface area contributed by atoms with Gasteiger partial charge in [-0.3, -0.25) is 9.69 Å². The first-order valence-electron chi connectivity index (χ1n) is 12.0. The number of piperidine rings is 1. The zero-order valence-corrected chi connectivity index (χ0v) is 22.2. The van der Waals surface area contributed by atoms with Crippen molar-refractivity contribution in [3.05, 3.63) is 77.2 Å². The first-order valence-corrected chi connectivity index (χ1v) is 14.3. The maximum absolute atomic E-state index is 13.8. The SMILES string of the molecule is Cc1ccc(S(=O)(=O)N2CCC(C(=O)N(Cc3ccco3)c3nc4cc(C)cc(C)c4s3)CC2)cc1. The topological polar surface area (TPSA) is 83.7 Å². The molecule has 1 amide bonds. The van der Waals surface area contributed by atoms with Crippen molar-refractivity contribution >= 4 is 42.6 Å². The van der Waals surface area contributed by atoms with E-state index in [0.29, 0.717) is 36.8 Å². The fraction of sp³-hybridized carbons (Fsp3) is 0.333. The van der Waals surface area contributed by atoms with Gasteiger partial charge in [-0.05, 0) is 75.1 Å². The van der Waals surface area contributed by atoms with E-state index in [1.54, 1.807) is 41.5 Å². The summed E-state index contributed by atoms with van der Waals surface area (Å²) < 4.78 is 34.3. The molecule has 4 aromatic rings. The van der Waals surface area contributed by atoms with Crippen LogP contribution in [0.3, 0.4) is 0 Å². The largest absolute Gasteiger partial charge is 0.467 e. The lowest BCUT2D eigenvalue weighted by molar-refractivity contribution is -0.123. The lowest BCUT2D eigenvalue weighted by Crippen LogP contribution is -2.44. The number of aryl methyl sites for hydroxylation is 3. The van der Waals surface area contributed by atoms with Gasteiger partial charge in [0.1, 0.15) is 5.76 Å². The molecule has 2 aromatic heterocycles. The van der Waals surface area contributed by atoms with Crippen molar-refractivity contribution in [2.45, 2.75) is 45.1 Å². The van der Waals surface area contributed by atoms with E-state index in [9.17, 15) is 13.2 Å². The molecule has 1 aliphatic heterocycles. The van der Waals surface area contributed by atoms with Crippen molar-refractivity contribution in [3.63, 3.8) is 0 Å². The Hall–Kier alpha value is -3.01. The van der Waals surface area contributed by atoms with Crippen LogP contribution in [0.4, 0.5) is 5.13 Å². The van der Waals surface area contributed by atoms with Gasteiger partial charge in [0.15, 0.2) is 5.13 Å². The Labute approximate surface area is 215 Å². The van der Waals surface area contributed by atoms with E-state index < -0.39 is 10.0 Å². The normalized spacial score (nSPS) is 15.4. The fourth-order valence-electron chi connectivity index (χ4n) is 4.70. The van der Waals surface area contributed by atoms with Crippen molar-refractivity contribution in [3.8, 4) is 0 Å². The summed E-state index contributed by atoms with van der Waals surface area (Å²) in [6, 6.07) is 14.7. The monoisotopic (exact) mass is 523 g/mol. The van der Waals surface area contributed by atoms with Gasteiger partial charge in [-0.2, -0.15) is 4.31 Å². The fourth-order valence-corrected chi connectivity index (χ4v) is 7.19. The average molecular weight is 524 g/mol. The highest BCUT2D eigenvalue weighted by Crippen LogP contribution is 2.35. The molecule has 1 fully saturated rings. The van der Waals surface area contributed by atoms with Gasteiger partial charge in [0, 0.05) is 19.0 Å². The number of benzene rings is 2. The van der Waals surface area contributed by atoms with Crippen LogP contribution in [0.2, 0.25) is 0 Å². The number of rotatable bonds is 6. The number of anilines is 1. The average Bonchev–Trinajstić information content (AvgIpc) is 3.52. The van der Waals surface area contributed by atoms with Gasteiger partial charge in [-0.15, -0.1) is 0 Å². The van der Waals surface area contributed by atoms with Gasteiger partial charge in [-0.25, -0.2) is 13.4 Å². The van der Waals surface area contributed by atoms with Crippen LogP contribution in [0.15, 0.2) is 64.1 Å². The Morgan fingerprint density at radius 3 is 2.47 bits per heavy atom. The van der Waals surface area contributed by atoms with Crippen LogP contribution in [0.5, 0.6) is 0 Å². The lowest BCUT2D eigenvalue weighted by atomic mass is 9.96. The third-order valence-electron chi connectivity index (χ3n) is 6.66. The highest BCUT2D eigenvalue weighted by molar-refractivity contribution is 7.89. The van der Waals surface area contributed by atoms with Crippen LogP contribution in [0.1, 0.15) is 35.3 Å². The molecular formula is C27H29N3O4S2. The third kappa shape index (κ3) is 4.83. The number of nitrogens with zero attached hydrogens (tertiary/aromatic N) is 3. The van der Waals surface area contributed by atoms with E-state index in [-0.39, 0.29) is 23.3 Å². The molecule has 5 rings (SSSR count). The molecule has 2 aromatic carbocycles. The molecule has 0 radical (unpaired) electrons. The van der Waals surface area contributed by atoms with Gasteiger partial charge in [0.25, 0.3) is 0 Å². The van der Waals surface area contributed by atoms with Crippen LogP contribution in [-0.4, -0.2) is 36.7 Å². The number of hydrogen-bond donors (Lipinski definition) is 0. The molecule has 0 saturated carbocycles. The Morgan fingerprint density at radius 1 is 1.08 bits per heavy atom. The number of amides is 1. The van der Waals surface area contributed by atoms with Crippen molar-refractivity contribution in [2.75, 3.05) is 18.0 Å². The number of fused-ring (bicyclic) bond motifs is 1. The number of carbonyl (C=O) groups excluding carboxylic acids is 1. The molecule has 7 nitrogen and oxygen atoms in total. The molecule has 188 valence electrons. The highest BCUT2D eigenvalue weighted by atomic mass is 32.2.